The molecule has 186 valence electrons. The molecule has 1 aromatic carbocycles. The van der Waals surface area contributed by atoms with Gasteiger partial charge in [-0.15, -0.1) is 5.10 Å². The van der Waals surface area contributed by atoms with Crippen LogP contribution in [-0.4, -0.2) is 55.7 Å². The molecule has 2 atom stereocenters. The number of hydrogen-bond donors (Lipinski definition) is 1. The summed E-state index contributed by atoms with van der Waals surface area (Å²) < 4.78 is 37.7. The molecule has 1 fully saturated rings. The smallest absolute Gasteiger partial charge is 0.223 e. The predicted molar refractivity (Wildman–Crippen MR) is 125 cm³/mol. The third kappa shape index (κ3) is 4.70. The Bertz CT molecular complexity index is 1370. The number of halogens is 2. The van der Waals surface area contributed by atoms with E-state index in [2.05, 4.69) is 20.2 Å². The maximum Gasteiger partial charge on any atom is 0.223 e. The fourth-order valence-corrected chi connectivity index (χ4v) is 4.66. The molecule has 0 aliphatic carbocycles. The molecule has 4 heterocycles. The van der Waals surface area contributed by atoms with Gasteiger partial charge in [-0.1, -0.05) is 6.54 Å². The van der Waals surface area contributed by atoms with E-state index in [4.69, 9.17) is 10.5 Å². The van der Waals surface area contributed by atoms with Gasteiger partial charge in [0.2, 0.25) is 5.95 Å². The Morgan fingerprint density at radius 3 is 2.69 bits per heavy atom. The van der Waals surface area contributed by atoms with Crippen LogP contribution in [0.25, 0.3) is 16.6 Å². The Morgan fingerprint density at radius 1 is 1.20 bits per heavy atom. The molecule has 9 nitrogen and oxygen atoms in total. The molecule has 0 spiro atoms. The Kier molecular flexibility index (Phi) is 6.99. The number of benzene rings is 1. The van der Waals surface area contributed by atoms with Crippen LogP contribution in [0.5, 0.6) is 5.75 Å². The SMILES string of the molecule is COc1cc(F)cc2c1nc(N)n1nc(C3CC(F)CN(c4cn(C[C-](C)C)nc4C)C3)nc21.[Mo]. The topological polar surface area (TPSA) is 99.4 Å². The predicted octanol–water partition coefficient (Wildman–Crippen LogP) is 3.46. The van der Waals surface area contributed by atoms with Crippen LogP contribution in [0.3, 0.4) is 0 Å². The maximum atomic E-state index is 14.9. The first-order chi connectivity index (χ1) is 16.2. The molecule has 1 saturated heterocycles. The molecule has 0 amide bonds. The summed E-state index contributed by atoms with van der Waals surface area (Å²) in [6.07, 6.45) is 1.18. The molecule has 35 heavy (non-hydrogen) atoms. The van der Waals surface area contributed by atoms with Gasteiger partial charge in [0.1, 0.15) is 23.3 Å². The van der Waals surface area contributed by atoms with E-state index in [1.54, 1.807) is 0 Å². The first-order valence-electron chi connectivity index (χ1n) is 11.1. The van der Waals surface area contributed by atoms with E-state index in [-0.39, 0.29) is 51.6 Å². The van der Waals surface area contributed by atoms with Crippen LogP contribution < -0.4 is 15.4 Å². The van der Waals surface area contributed by atoms with Gasteiger partial charge in [-0.2, -0.15) is 23.5 Å². The molecular formula is C23H27F2MoN8O-. The van der Waals surface area contributed by atoms with Crippen molar-refractivity contribution in [1.29, 1.82) is 0 Å². The normalized spacial score (nSPS) is 18.4. The van der Waals surface area contributed by atoms with Gasteiger partial charge in [0, 0.05) is 52.3 Å². The number of ether oxygens (including phenoxy) is 1. The average molecular weight is 565 g/mol. The quantitative estimate of drug-likeness (QED) is 0.292. The molecule has 1 aliphatic heterocycles. The summed E-state index contributed by atoms with van der Waals surface area (Å²) in [7, 11) is 1.44. The van der Waals surface area contributed by atoms with Crippen LogP contribution >= 0.6 is 0 Å². The fraction of sp³-hybridized carbons (Fsp3) is 0.435. The zero-order valence-corrected chi connectivity index (χ0v) is 22.0. The Balaban J connectivity index is 0.00000289. The first-order valence-corrected chi connectivity index (χ1v) is 11.1. The molecule has 0 bridgehead atoms. The van der Waals surface area contributed by atoms with Crippen molar-refractivity contribution in [2.75, 3.05) is 30.8 Å². The summed E-state index contributed by atoms with van der Waals surface area (Å²) in [5.41, 5.74) is 8.64. The fourth-order valence-electron chi connectivity index (χ4n) is 4.66. The third-order valence-corrected chi connectivity index (χ3v) is 6.07. The minimum absolute atomic E-state index is 0. The van der Waals surface area contributed by atoms with E-state index in [9.17, 15) is 8.78 Å². The van der Waals surface area contributed by atoms with E-state index in [1.807, 2.05) is 36.5 Å². The van der Waals surface area contributed by atoms with Gasteiger partial charge in [0.25, 0.3) is 0 Å². The number of rotatable bonds is 5. The average Bonchev–Trinajstić information content (AvgIpc) is 3.37. The Hall–Kier alpha value is -2.81. The number of aryl methyl sites for hydroxylation is 1. The second-order valence-electron chi connectivity index (χ2n) is 9.12. The molecule has 4 aromatic rings. The number of nitrogens with zero attached hydrogens (tertiary/aromatic N) is 7. The van der Waals surface area contributed by atoms with E-state index in [0.717, 1.165) is 11.4 Å². The standard InChI is InChI=1S/C23H27F2N8O.Mo/c1-12(2)8-32-11-18(13(3)29-32)31-9-14(5-16(25)10-31)21-28-22-17-6-15(24)7-19(34-4)20(17)27-23(26)33(22)30-21;/h6-7,11,14,16H,5,8-10H2,1-4H3,(H2,26,27);/q-1;. The van der Waals surface area contributed by atoms with Gasteiger partial charge in [-0.3, -0.25) is 10.6 Å². The summed E-state index contributed by atoms with van der Waals surface area (Å²) in [5.74, 6) is 1.26. The minimum Gasteiger partial charge on any atom is -0.494 e. The Morgan fingerprint density at radius 2 is 1.97 bits per heavy atom. The minimum atomic E-state index is -1.06. The van der Waals surface area contributed by atoms with Gasteiger partial charge in [0.15, 0.2) is 11.5 Å². The number of piperidine rings is 1. The number of nitrogen functional groups attached to an aromatic ring is 1. The molecular weight excluding hydrogens is 538 g/mol. The molecule has 3 aromatic heterocycles. The third-order valence-electron chi connectivity index (χ3n) is 6.07. The van der Waals surface area contributed by atoms with Crippen LogP contribution in [0, 0.1) is 18.7 Å². The van der Waals surface area contributed by atoms with Crippen LogP contribution in [0.1, 0.15) is 37.7 Å². The summed E-state index contributed by atoms with van der Waals surface area (Å²) in [6, 6.07) is 2.57. The van der Waals surface area contributed by atoms with E-state index >= 15 is 0 Å². The first kappa shape index (κ1) is 25.3. The van der Waals surface area contributed by atoms with Gasteiger partial charge in [-0.25, -0.2) is 18.7 Å². The summed E-state index contributed by atoms with van der Waals surface area (Å²) in [6.45, 7) is 7.54. The largest absolute Gasteiger partial charge is 0.494 e. The maximum absolute atomic E-state index is 14.9. The molecule has 2 unspecified atom stereocenters. The van der Waals surface area contributed by atoms with Gasteiger partial charge >= 0.3 is 0 Å². The molecule has 12 heteroatoms. The summed E-state index contributed by atoms with van der Waals surface area (Å²) >= 11 is 0. The number of fused-ring (bicyclic) bond motifs is 3. The number of hydrogen-bond acceptors (Lipinski definition) is 7. The number of methoxy groups -OCH3 is 1. The van der Waals surface area contributed by atoms with Crippen molar-refractivity contribution >= 4 is 28.2 Å². The van der Waals surface area contributed by atoms with E-state index < -0.39 is 12.0 Å². The number of anilines is 2. The summed E-state index contributed by atoms with van der Waals surface area (Å²) in [5, 5.41) is 9.54. The molecule has 0 saturated carbocycles. The van der Waals surface area contributed by atoms with E-state index in [0.29, 0.717) is 35.5 Å². The van der Waals surface area contributed by atoms with Crippen LogP contribution in [0.4, 0.5) is 20.4 Å². The molecule has 2 N–H and O–H groups in total. The monoisotopic (exact) mass is 567 g/mol. The van der Waals surface area contributed by atoms with Gasteiger partial charge in [0.05, 0.1) is 23.9 Å². The molecule has 0 radical (unpaired) electrons. The van der Waals surface area contributed by atoms with E-state index in [1.165, 1.54) is 29.7 Å². The number of aromatic nitrogens is 6. The second kappa shape index (κ2) is 9.68. The van der Waals surface area contributed by atoms with Crippen molar-refractivity contribution < 1.29 is 34.6 Å². The van der Waals surface area contributed by atoms with Crippen molar-refractivity contribution in [3.63, 3.8) is 0 Å². The molecule has 1 aliphatic rings. The summed E-state index contributed by atoms with van der Waals surface area (Å²) in [4.78, 5) is 11.0. The second-order valence-corrected chi connectivity index (χ2v) is 9.12. The van der Waals surface area contributed by atoms with Crippen molar-refractivity contribution in [3.05, 3.63) is 41.6 Å². The van der Waals surface area contributed by atoms with Gasteiger partial charge in [-0.05, 0) is 19.4 Å². The zero-order chi connectivity index (χ0) is 24.1. The Labute approximate surface area is 215 Å². The number of alkyl halides is 1. The number of nitrogens with two attached hydrogens (primary N) is 1. The zero-order valence-electron chi connectivity index (χ0n) is 20.0. The van der Waals surface area contributed by atoms with Crippen molar-refractivity contribution in [3.8, 4) is 5.75 Å². The van der Waals surface area contributed by atoms with Crippen LogP contribution in [0.15, 0.2) is 18.3 Å². The van der Waals surface area contributed by atoms with Crippen LogP contribution in [-0.2, 0) is 27.6 Å². The van der Waals surface area contributed by atoms with Crippen molar-refractivity contribution in [2.45, 2.75) is 45.8 Å². The van der Waals surface area contributed by atoms with Crippen molar-refractivity contribution in [2.24, 2.45) is 0 Å². The van der Waals surface area contributed by atoms with Crippen LogP contribution in [0.2, 0.25) is 0 Å². The van der Waals surface area contributed by atoms with Crippen molar-refractivity contribution in [1.82, 2.24) is 29.4 Å². The molecule has 5 rings (SSSR count). The van der Waals surface area contributed by atoms with Gasteiger partial charge < -0.3 is 15.4 Å².